The van der Waals surface area contributed by atoms with Crippen LogP contribution in [-0.2, 0) is 6.54 Å². The van der Waals surface area contributed by atoms with Crippen molar-refractivity contribution in [2.75, 3.05) is 18.5 Å². The molecule has 2 N–H and O–H groups in total. The first-order valence-electron chi connectivity index (χ1n) is 8.01. The lowest BCUT2D eigenvalue weighted by molar-refractivity contribution is 0.0916. The van der Waals surface area contributed by atoms with E-state index in [1.165, 1.54) is 28.9 Å². The van der Waals surface area contributed by atoms with E-state index in [9.17, 15) is 13.6 Å². The molecule has 0 radical (unpaired) electrons. The summed E-state index contributed by atoms with van der Waals surface area (Å²) in [5.74, 6) is -0.0157. The highest BCUT2D eigenvalue weighted by Gasteiger charge is 2.19. The van der Waals surface area contributed by atoms with Crippen LogP contribution in [-0.4, -0.2) is 39.8 Å². The highest BCUT2D eigenvalue weighted by molar-refractivity contribution is 5.99. The molecule has 0 fully saturated rings. The van der Waals surface area contributed by atoms with Crippen molar-refractivity contribution >= 4 is 17.4 Å². The molecule has 0 saturated carbocycles. The molecule has 0 saturated heterocycles. The molecule has 1 unspecified atom stereocenters. The first-order valence-corrected chi connectivity index (χ1v) is 8.01. The third-order valence-electron chi connectivity index (χ3n) is 4.05. The maximum Gasteiger partial charge on any atom is 0.256 e. The van der Waals surface area contributed by atoms with Crippen LogP contribution >= 0.6 is 0 Å². The van der Waals surface area contributed by atoms with Gasteiger partial charge >= 0.3 is 0 Å². The minimum atomic E-state index is -0.897. The van der Waals surface area contributed by atoms with Crippen LogP contribution in [0.4, 0.5) is 14.6 Å². The lowest BCUT2D eigenvalue weighted by Crippen LogP contribution is -2.36. The van der Waals surface area contributed by atoms with Gasteiger partial charge in [-0.15, -0.1) is 0 Å². The zero-order valence-corrected chi connectivity index (χ0v) is 13.6. The second kappa shape index (κ2) is 6.58. The quantitative estimate of drug-likeness (QED) is 0.694. The first kappa shape index (κ1) is 16.2. The number of halogens is 2. The summed E-state index contributed by atoms with van der Waals surface area (Å²) in [7, 11) is 0. The van der Waals surface area contributed by atoms with Crippen molar-refractivity contribution in [3.8, 4) is 5.75 Å². The fraction of sp³-hybridized carbons (Fsp3) is 0.235. The molecule has 0 aliphatic carbocycles. The predicted molar refractivity (Wildman–Crippen MR) is 89.4 cm³/mol. The number of rotatable bonds is 1. The molecule has 1 aliphatic rings. The number of amides is 1. The van der Waals surface area contributed by atoms with Crippen LogP contribution in [0.3, 0.4) is 0 Å². The second-order valence-corrected chi connectivity index (χ2v) is 5.85. The lowest BCUT2D eigenvalue weighted by Gasteiger charge is -2.19. The van der Waals surface area contributed by atoms with E-state index < -0.39 is 24.5 Å². The summed E-state index contributed by atoms with van der Waals surface area (Å²) in [5.41, 5.74) is 1.16. The van der Waals surface area contributed by atoms with Crippen molar-refractivity contribution in [2.24, 2.45) is 0 Å². The van der Waals surface area contributed by atoms with Gasteiger partial charge in [-0.1, -0.05) is 0 Å². The topological polar surface area (TPSA) is 80.5 Å². The Balaban J connectivity index is 1.77. The van der Waals surface area contributed by atoms with Gasteiger partial charge in [-0.2, -0.15) is 5.10 Å². The summed E-state index contributed by atoms with van der Waals surface area (Å²) in [6.07, 6.45) is 2.16. The Morgan fingerprint density at radius 1 is 1.31 bits per heavy atom. The number of hydrogen-bond donors (Lipinski definition) is 2. The summed E-state index contributed by atoms with van der Waals surface area (Å²) in [6.45, 7) is -0.628. The Labute approximate surface area is 147 Å². The van der Waals surface area contributed by atoms with Crippen molar-refractivity contribution in [3.63, 3.8) is 0 Å². The van der Waals surface area contributed by atoms with E-state index >= 15 is 0 Å². The molecule has 2 aromatic heterocycles. The fourth-order valence-corrected chi connectivity index (χ4v) is 2.72. The van der Waals surface area contributed by atoms with Crippen molar-refractivity contribution in [1.29, 1.82) is 0 Å². The summed E-state index contributed by atoms with van der Waals surface area (Å²) >= 11 is 0. The van der Waals surface area contributed by atoms with E-state index in [2.05, 4.69) is 20.7 Å². The van der Waals surface area contributed by atoms with Crippen LogP contribution in [0.1, 0.15) is 15.9 Å². The van der Waals surface area contributed by atoms with Gasteiger partial charge in [0.25, 0.3) is 5.91 Å². The van der Waals surface area contributed by atoms with Gasteiger partial charge < -0.3 is 15.4 Å². The molecule has 2 bridgehead atoms. The zero-order valence-electron chi connectivity index (χ0n) is 13.6. The average Bonchev–Trinajstić information content (AvgIpc) is 3.07. The lowest BCUT2D eigenvalue weighted by atomic mass is 10.2. The molecule has 4 rings (SSSR count). The highest BCUT2D eigenvalue weighted by atomic mass is 19.1. The third kappa shape index (κ3) is 3.03. The number of nitrogens with zero attached hydrogens (tertiary/aromatic N) is 3. The molecular formula is C17H15F2N5O2. The van der Waals surface area contributed by atoms with Gasteiger partial charge in [0, 0.05) is 18.3 Å². The van der Waals surface area contributed by atoms with E-state index in [-0.39, 0.29) is 18.7 Å². The normalized spacial score (nSPS) is 17.3. The molecule has 1 atom stereocenters. The van der Waals surface area contributed by atoms with E-state index in [4.69, 9.17) is 4.74 Å². The molecule has 3 heterocycles. The first-order chi connectivity index (χ1) is 12.6. The Kier molecular flexibility index (Phi) is 4.11. The Bertz CT molecular complexity index is 975. The van der Waals surface area contributed by atoms with Crippen LogP contribution in [0.25, 0.3) is 5.65 Å². The standard InChI is InChI=1S/C17H15F2N5O2/c18-6-12-8-21-17(25)13-9-22-24-4-3-15(23-16(13)24)20-7-10-5-11(19)1-2-14(10)26-12/h1-5,9,12H,6-8H2,(H,20,23)(H,21,25). The van der Waals surface area contributed by atoms with Crippen LogP contribution in [0.5, 0.6) is 5.75 Å². The number of carbonyl (C=O) groups is 1. The van der Waals surface area contributed by atoms with Crippen molar-refractivity contribution in [3.05, 3.63) is 53.6 Å². The number of carbonyl (C=O) groups excluding carboxylic acids is 1. The summed E-state index contributed by atoms with van der Waals surface area (Å²) < 4.78 is 34.1. The summed E-state index contributed by atoms with van der Waals surface area (Å²) in [4.78, 5) is 16.8. The Morgan fingerprint density at radius 3 is 3.04 bits per heavy atom. The van der Waals surface area contributed by atoms with Crippen LogP contribution in [0.15, 0.2) is 36.7 Å². The number of ether oxygens (including phenoxy) is 1. The van der Waals surface area contributed by atoms with Gasteiger partial charge in [0.1, 0.15) is 35.7 Å². The number of nitrogens with one attached hydrogen (secondary N) is 2. The van der Waals surface area contributed by atoms with E-state index in [0.717, 1.165) is 0 Å². The molecule has 3 aromatic rings. The molecule has 0 spiro atoms. The number of benzene rings is 1. The van der Waals surface area contributed by atoms with Crippen LogP contribution in [0.2, 0.25) is 0 Å². The average molecular weight is 359 g/mol. The highest BCUT2D eigenvalue weighted by Crippen LogP contribution is 2.23. The molecule has 1 aromatic carbocycles. The van der Waals surface area contributed by atoms with Gasteiger partial charge in [0.2, 0.25) is 0 Å². The van der Waals surface area contributed by atoms with E-state index in [1.54, 1.807) is 12.3 Å². The number of aromatic nitrogens is 3. The maximum atomic E-state index is 13.6. The maximum absolute atomic E-state index is 13.6. The Morgan fingerprint density at radius 2 is 2.19 bits per heavy atom. The van der Waals surface area contributed by atoms with Crippen molar-refractivity contribution in [2.45, 2.75) is 12.6 Å². The zero-order chi connectivity index (χ0) is 18.1. The second-order valence-electron chi connectivity index (χ2n) is 5.85. The summed E-state index contributed by atoms with van der Waals surface area (Å²) in [6, 6.07) is 5.69. The molecule has 1 aliphatic heterocycles. The summed E-state index contributed by atoms with van der Waals surface area (Å²) in [5, 5.41) is 9.77. The SMILES string of the molecule is O=C1NCC(CF)Oc2ccc(F)cc2CNc2ccn3ncc1c3n2. The smallest absolute Gasteiger partial charge is 0.256 e. The molecule has 7 nitrogen and oxygen atoms in total. The largest absolute Gasteiger partial charge is 0.485 e. The number of alkyl halides is 1. The monoisotopic (exact) mass is 359 g/mol. The Hall–Kier alpha value is -3.23. The van der Waals surface area contributed by atoms with Gasteiger partial charge in [-0.25, -0.2) is 18.3 Å². The van der Waals surface area contributed by atoms with Crippen molar-refractivity contribution < 1.29 is 18.3 Å². The molecule has 1 amide bonds. The number of anilines is 1. The van der Waals surface area contributed by atoms with Gasteiger partial charge in [-0.05, 0) is 24.3 Å². The van der Waals surface area contributed by atoms with E-state index in [0.29, 0.717) is 22.8 Å². The van der Waals surface area contributed by atoms with E-state index in [1.807, 2.05) is 0 Å². The van der Waals surface area contributed by atoms with Gasteiger partial charge in [-0.3, -0.25) is 4.79 Å². The fourth-order valence-electron chi connectivity index (χ4n) is 2.72. The minimum absolute atomic E-state index is 0.0450. The molecule has 9 heteroatoms. The predicted octanol–water partition coefficient (Wildman–Crippen LogP) is 1.94. The number of hydrogen-bond acceptors (Lipinski definition) is 5. The molecular weight excluding hydrogens is 344 g/mol. The minimum Gasteiger partial charge on any atom is -0.485 e. The van der Waals surface area contributed by atoms with Gasteiger partial charge in [0.05, 0.1) is 12.7 Å². The van der Waals surface area contributed by atoms with Crippen LogP contribution in [0, 0.1) is 5.82 Å². The van der Waals surface area contributed by atoms with Gasteiger partial charge in [0.15, 0.2) is 5.65 Å². The van der Waals surface area contributed by atoms with Crippen molar-refractivity contribution in [1.82, 2.24) is 19.9 Å². The number of fused-ring (bicyclic) bond motifs is 2. The molecule has 134 valence electrons. The third-order valence-corrected chi connectivity index (χ3v) is 4.05. The molecule has 26 heavy (non-hydrogen) atoms. The van der Waals surface area contributed by atoms with Crippen LogP contribution < -0.4 is 15.4 Å².